The van der Waals surface area contributed by atoms with Gasteiger partial charge in [-0.25, -0.2) is 0 Å². The van der Waals surface area contributed by atoms with E-state index in [1.165, 1.54) is 0 Å². The van der Waals surface area contributed by atoms with Crippen LogP contribution in [0.2, 0.25) is 0 Å². The number of aromatic nitrogens is 1. The minimum absolute atomic E-state index is 0.201. The smallest absolute Gasteiger partial charge is 0.122 e. The minimum atomic E-state index is 0.201. The summed E-state index contributed by atoms with van der Waals surface area (Å²) in [5.74, 6) is 0. The first-order chi connectivity index (χ1) is 7.30. The van der Waals surface area contributed by atoms with Crippen molar-refractivity contribution in [3.8, 4) is 0 Å². The quantitative estimate of drug-likeness (QED) is 0.793. The zero-order chi connectivity index (χ0) is 12.3. The highest BCUT2D eigenvalue weighted by atomic mass is 32.1. The van der Waals surface area contributed by atoms with Crippen molar-refractivity contribution in [2.24, 2.45) is 11.1 Å². The number of hydrogen-bond donors (Lipinski definition) is 2. The third kappa shape index (κ3) is 3.45. The van der Waals surface area contributed by atoms with E-state index in [0.29, 0.717) is 16.7 Å². The maximum Gasteiger partial charge on any atom is 0.122 e. The first kappa shape index (κ1) is 12.9. The lowest BCUT2D eigenvalue weighted by Gasteiger charge is -2.29. The summed E-state index contributed by atoms with van der Waals surface area (Å²) in [4.78, 5) is 4.43. The minimum Gasteiger partial charge on any atom is -0.388 e. The van der Waals surface area contributed by atoms with Crippen LogP contribution in [0.1, 0.15) is 33.4 Å². The number of rotatable bonds is 3. The van der Waals surface area contributed by atoms with Crippen LogP contribution >= 0.6 is 12.2 Å². The molecule has 16 heavy (non-hydrogen) atoms. The molecule has 0 aliphatic rings. The summed E-state index contributed by atoms with van der Waals surface area (Å²) in [6.45, 7) is 8.74. The molecule has 1 aromatic rings. The van der Waals surface area contributed by atoms with Crippen LogP contribution in [-0.2, 0) is 0 Å². The molecule has 1 aromatic heterocycles. The van der Waals surface area contributed by atoms with Crippen molar-refractivity contribution in [2.45, 2.75) is 33.7 Å². The summed E-state index contributed by atoms with van der Waals surface area (Å²) in [5, 5.41) is 3.42. The summed E-state index contributed by atoms with van der Waals surface area (Å²) < 4.78 is 0. The molecule has 0 amide bonds. The van der Waals surface area contributed by atoms with Gasteiger partial charge in [0.05, 0.1) is 5.69 Å². The molecule has 0 saturated heterocycles. The predicted octanol–water partition coefficient (Wildman–Crippen LogP) is 2.56. The molecule has 0 aliphatic carbocycles. The molecule has 0 aromatic carbocycles. The van der Waals surface area contributed by atoms with Gasteiger partial charge in [0.1, 0.15) is 4.99 Å². The van der Waals surface area contributed by atoms with Crippen LogP contribution in [0.3, 0.4) is 0 Å². The highest BCUT2D eigenvalue weighted by Gasteiger charge is 2.19. The summed E-state index contributed by atoms with van der Waals surface area (Å²) in [7, 11) is 0. The van der Waals surface area contributed by atoms with Crippen LogP contribution in [0.15, 0.2) is 18.3 Å². The van der Waals surface area contributed by atoms with E-state index in [2.05, 4.69) is 38.0 Å². The molecular weight excluding hydrogens is 218 g/mol. The van der Waals surface area contributed by atoms with Gasteiger partial charge in [-0.2, -0.15) is 0 Å². The van der Waals surface area contributed by atoms with Crippen molar-refractivity contribution < 1.29 is 0 Å². The van der Waals surface area contributed by atoms with Crippen molar-refractivity contribution in [1.82, 2.24) is 4.98 Å². The summed E-state index contributed by atoms with van der Waals surface area (Å²) in [5.41, 5.74) is 7.40. The number of nitrogens with one attached hydrogen (secondary N) is 1. The Balaban J connectivity index is 2.82. The van der Waals surface area contributed by atoms with Crippen LogP contribution < -0.4 is 11.1 Å². The molecule has 0 aliphatic heterocycles. The van der Waals surface area contributed by atoms with Crippen molar-refractivity contribution in [2.75, 3.05) is 5.32 Å². The Bertz CT molecular complexity index is 382. The SMILES string of the molecule is CC(Nc1ccnc(C(N)=S)c1)C(C)(C)C. The molecule has 1 rings (SSSR count). The van der Waals surface area contributed by atoms with Crippen LogP contribution in [0.25, 0.3) is 0 Å². The molecule has 4 heteroatoms. The van der Waals surface area contributed by atoms with Gasteiger partial charge in [-0.1, -0.05) is 33.0 Å². The van der Waals surface area contributed by atoms with Gasteiger partial charge in [-0.05, 0) is 24.5 Å². The van der Waals surface area contributed by atoms with Crippen molar-refractivity contribution in [3.63, 3.8) is 0 Å². The first-order valence-electron chi connectivity index (χ1n) is 5.33. The Morgan fingerprint density at radius 3 is 2.62 bits per heavy atom. The van der Waals surface area contributed by atoms with Gasteiger partial charge in [0.25, 0.3) is 0 Å². The van der Waals surface area contributed by atoms with Gasteiger partial charge in [0.2, 0.25) is 0 Å². The lowest BCUT2D eigenvalue weighted by molar-refractivity contribution is 0.359. The number of nitrogens with zero attached hydrogens (tertiary/aromatic N) is 1. The second-order valence-electron chi connectivity index (χ2n) is 5.03. The Labute approximate surface area is 102 Å². The molecular formula is C12H19N3S. The van der Waals surface area contributed by atoms with Gasteiger partial charge >= 0.3 is 0 Å². The van der Waals surface area contributed by atoms with Crippen molar-refractivity contribution in [3.05, 3.63) is 24.0 Å². The van der Waals surface area contributed by atoms with Crippen LogP contribution in [0, 0.1) is 5.41 Å². The van der Waals surface area contributed by atoms with E-state index in [1.807, 2.05) is 12.1 Å². The average Bonchev–Trinajstić information content (AvgIpc) is 2.16. The largest absolute Gasteiger partial charge is 0.388 e. The number of thiocarbonyl (C=S) groups is 1. The normalized spacial score (nSPS) is 13.2. The molecule has 3 N–H and O–H groups in total. The van der Waals surface area contributed by atoms with E-state index in [9.17, 15) is 0 Å². The summed E-state index contributed by atoms with van der Waals surface area (Å²) in [6, 6.07) is 4.16. The van der Waals surface area contributed by atoms with Crippen molar-refractivity contribution in [1.29, 1.82) is 0 Å². The van der Waals surface area contributed by atoms with Gasteiger partial charge in [-0.3, -0.25) is 4.98 Å². The average molecular weight is 237 g/mol. The molecule has 0 saturated carbocycles. The first-order valence-corrected chi connectivity index (χ1v) is 5.74. The molecule has 1 unspecified atom stereocenters. The standard InChI is InChI=1S/C12H19N3S/c1-8(12(2,3)4)15-9-5-6-14-10(7-9)11(13)16/h5-8H,1-4H3,(H2,13,16)(H,14,15). The lowest BCUT2D eigenvalue weighted by atomic mass is 9.88. The van der Waals surface area contributed by atoms with E-state index in [4.69, 9.17) is 18.0 Å². The molecule has 1 heterocycles. The second kappa shape index (κ2) is 4.78. The Kier molecular flexibility index (Phi) is 3.86. The molecule has 88 valence electrons. The summed E-state index contributed by atoms with van der Waals surface area (Å²) >= 11 is 4.90. The molecule has 0 fully saturated rings. The van der Waals surface area contributed by atoms with Gasteiger partial charge in [0, 0.05) is 17.9 Å². The Morgan fingerprint density at radius 2 is 2.12 bits per heavy atom. The topological polar surface area (TPSA) is 50.9 Å². The third-order valence-corrected chi connectivity index (χ3v) is 2.90. The number of anilines is 1. The van der Waals surface area contributed by atoms with Crippen LogP contribution in [-0.4, -0.2) is 16.0 Å². The lowest BCUT2D eigenvalue weighted by Crippen LogP contribution is -2.30. The van der Waals surface area contributed by atoms with Crippen LogP contribution in [0.4, 0.5) is 5.69 Å². The predicted molar refractivity (Wildman–Crippen MR) is 72.7 cm³/mol. The molecule has 0 bridgehead atoms. The monoisotopic (exact) mass is 237 g/mol. The molecule has 0 radical (unpaired) electrons. The molecule has 1 atom stereocenters. The second-order valence-corrected chi connectivity index (χ2v) is 5.47. The number of pyridine rings is 1. The third-order valence-electron chi connectivity index (χ3n) is 2.69. The maximum absolute atomic E-state index is 5.54. The van der Waals surface area contributed by atoms with E-state index in [1.54, 1.807) is 6.20 Å². The van der Waals surface area contributed by atoms with E-state index < -0.39 is 0 Å². The highest BCUT2D eigenvalue weighted by Crippen LogP contribution is 2.22. The van der Waals surface area contributed by atoms with E-state index in [-0.39, 0.29) is 5.41 Å². The van der Waals surface area contributed by atoms with Gasteiger partial charge < -0.3 is 11.1 Å². The van der Waals surface area contributed by atoms with E-state index in [0.717, 1.165) is 5.69 Å². The fourth-order valence-electron chi connectivity index (χ4n) is 1.12. The summed E-state index contributed by atoms with van der Waals surface area (Å²) in [6.07, 6.45) is 1.71. The van der Waals surface area contributed by atoms with E-state index >= 15 is 0 Å². The zero-order valence-electron chi connectivity index (χ0n) is 10.2. The van der Waals surface area contributed by atoms with Gasteiger partial charge in [-0.15, -0.1) is 0 Å². The Hall–Kier alpha value is -1.16. The zero-order valence-corrected chi connectivity index (χ0v) is 11.1. The Morgan fingerprint density at radius 1 is 1.50 bits per heavy atom. The highest BCUT2D eigenvalue weighted by molar-refractivity contribution is 7.80. The van der Waals surface area contributed by atoms with Gasteiger partial charge in [0.15, 0.2) is 0 Å². The van der Waals surface area contributed by atoms with Crippen LogP contribution in [0.5, 0.6) is 0 Å². The fraction of sp³-hybridized carbons (Fsp3) is 0.500. The molecule has 0 spiro atoms. The maximum atomic E-state index is 5.54. The number of hydrogen-bond acceptors (Lipinski definition) is 3. The number of nitrogens with two attached hydrogens (primary N) is 1. The molecule has 3 nitrogen and oxygen atoms in total. The fourth-order valence-corrected chi connectivity index (χ4v) is 1.23. The van der Waals surface area contributed by atoms with Crippen molar-refractivity contribution >= 4 is 22.9 Å².